The van der Waals surface area contributed by atoms with Crippen LogP contribution in [0.15, 0.2) is 29.4 Å². The number of hydrogen-bond donors (Lipinski definition) is 1. The molecule has 0 fully saturated rings. The van der Waals surface area contributed by atoms with Gasteiger partial charge in [0, 0.05) is 23.6 Å². The molecule has 1 aromatic carbocycles. The van der Waals surface area contributed by atoms with Gasteiger partial charge in [0.05, 0.1) is 12.0 Å². The Bertz CT molecular complexity index is 509. The van der Waals surface area contributed by atoms with Crippen LogP contribution in [0.4, 0.5) is 5.69 Å². The Hall–Kier alpha value is -1.77. The van der Waals surface area contributed by atoms with Crippen LogP contribution in [0.25, 0.3) is 10.9 Å². The van der Waals surface area contributed by atoms with Crippen molar-refractivity contribution in [2.24, 2.45) is 10.7 Å². The number of fused-ring (bicyclic) bond motifs is 1. The molecule has 0 atom stereocenters. The summed E-state index contributed by atoms with van der Waals surface area (Å²) in [5, 5.41) is 1.25. The highest BCUT2D eigenvalue weighted by Crippen LogP contribution is 2.25. The maximum absolute atomic E-state index is 5.28. The standard InChI is InChI=1S/C12H15N3/c1-3-15-7-9(2)11-6-10(14-8-13)4-5-12(11)15/h4-8H,3H2,1-2H3,(H2,13,14). The summed E-state index contributed by atoms with van der Waals surface area (Å²) >= 11 is 0. The first-order chi connectivity index (χ1) is 7.26. The molecule has 1 aromatic heterocycles. The monoisotopic (exact) mass is 201 g/mol. The molecular formula is C12H15N3. The smallest absolute Gasteiger partial charge is 0.0860 e. The third-order valence-electron chi connectivity index (χ3n) is 2.63. The lowest BCUT2D eigenvalue weighted by molar-refractivity contribution is 0.795. The summed E-state index contributed by atoms with van der Waals surface area (Å²) in [5.41, 5.74) is 8.72. The fraction of sp³-hybridized carbons (Fsp3) is 0.250. The lowest BCUT2D eigenvalue weighted by atomic mass is 10.2. The third-order valence-corrected chi connectivity index (χ3v) is 2.63. The number of aryl methyl sites for hydroxylation is 2. The molecule has 3 nitrogen and oxygen atoms in total. The van der Waals surface area contributed by atoms with Crippen molar-refractivity contribution in [1.82, 2.24) is 4.57 Å². The molecule has 0 bridgehead atoms. The molecular weight excluding hydrogens is 186 g/mol. The van der Waals surface area contributed by atoms with Gasteiger partial charge in [0.2, 0.25) is 0 Å². The number of nitrogens with two attached hydrogens (primary N) is 1. The summed E-state index contributed by atoms with van der Waals surface area (Å²) in [7, 11) is 0. The summed E-state index contributed by atoms with van der Waals surface area (Å²) in [4.78, 5) is 4.08. The van der Waals surface area contributed by atoms with E-state index >= 15 is 0 Å². The van der Waals surface area contributed by atoms with Crippen LogP contribution in [-0.4, -0.2) is 10.9 Å². The van der Waals surface area contributed by atoms with E-state index in [-0.39, 0.29) is 0 Å². The van der Waals surface area contributed by atoms with Crippen LogP contribution in [0.1, 0.15) is 12.5 Å². The number of benzene rings is 1. The van der Waals surface area contributed by atoms with Gasteiger partial charge in [-0.2, -0.15) is 0 Å². The molecule has 3 heteroatoms. The van der Waals surface area contributed by atoms with Gasteiger partial charge in [-0.3, -0.25) is 0 Å². The van der Waals surface area contributed by atoms with Crippen molar-refractivity contribution in [3.63, 3.8) is 0 Å². The van der Waals surface area contributed by atoms with E-state index in [1.165, 1.54) is 22.8 Å². The molecule has 0 spiro atoms. The molecule has 0 saturated heterocycles. The van der Waals surface area contributed by atoms with Gasteiger partial charge in [-0.15, -0.1) is 0 Å². The number of aliphatic imine (C=N–C) groups is 1. The fourth-order valence-corrected chi connectivity index (χ4v) is 1.89. The molecule has 0 amide bonds. The molecule has 0 radical (unpaired) electrons. The van der Waals surface area contributed by atoms with E-state index in [0.717, 1.165) is 12.2 Å². The quantitative estimate of drug-likeness (QED) is 0.589. The van der Waals surface area contributed by atoms with Crippen molar-refractivity contribution in [3.8, 4) is 0 Å². The Kier molecular flexibility index (Phi) is 2.46. The minimum absolute atomic E-state index is 0.905. The molecule has 15 heavy (non-hydrogen) atoms. The second kappa shape index (κ2) is 3.77. The Morgan fingerprint density at radius 1 is 1.47 bits per heavy atom. The molecule has 1 heterocycles. The van der Waals surface area contributed by atoms with E-state index in [4.69, 9.17) is 5.73 Å². The Balaban J connectivity index is 2.66. The van der Waals surface area contributed by atoms with Gasteiger partial charge in [0.25, 0.3) is 0 Å². The van der Waals surface area contributed by atoms with Gasteiger partial charge in [0.1, 0.15) is 0 Å². The Morgan fingerprint density at radius 3 is 2.93 bits per heavy atom. The molecule has 78 valence electrons. The molecule has 2 aromatic rings. The SMILES string of the molecule is CCn1cc(C)c2cc(N=CN)ccc21. The zero-order valence-corrected chi connectivity index (χ0v) is 9.07. The average molecular weight is 201 g/mol. The van der Waals surface area contributed by atoms with E-state index in [1.54, 1.807) is 0 Å². The maximum Gasteiger partial charge on any atom is 0.0860 e. The zero-order chi connectivity index (χ0) is 10.8. The predicted molar refractivity (Wildman–Crippen MR) is 64.7 cm³/mol. The summed E-state index contributed by atoms with van der Waals surface area (Å²) in [6, 6.07) is 6.14. The number of nitrogens with zero attached hydrogens (tertiary/aromatic N) is 2. The lowest BCUT2D eigenvalue weighted by Crippen LogP contribution is -1.90. The van der Waals surface area contributed by atoms with Crippen LogP contribution in [0.3, 0.4) is 0 Å². The maximum atomic E-state index is 5.28. The first kappa shape index (κ1) is 9.77. The minimum atomic E-state index is 0.905. The van der Waals surface area contributed by atoms with Crippen molar-refractivity contribution in [2.45, 2.75) is 20.4 Å². The molecule has 0 saturated carbocycles. The van der Waals surface area contributed by atoms with E-state index < -0.39 is 0 Å². The van der Waals surface area contributed by atoms with Crippen molar-refractivity contribution in [1.29, 1.82) is 0 Å². The molecule has 0 unspecified atom stereocenters. The first-order valence-corrected chi connectivity index (χ1v) is 5.10. The topological polar surface area (TPSA) is 43.3 Å². The second-order valence-electron chi connectivity index (χ2n) is 3.58. The van der Waals surface area contributed by atoms with Gasteiger partial charge in [-0.1, -0.05) is 0 Å². The van der Waals surface area contributed by atoms with Crippen molar-refractivity contribution in [3.05, 3.63) is 30.0 Å². The average Bonchev–Trinajstić information content (AvgIpc) is 2.56. The van der Waals surface area contributed by atoms with Crippen LogP contribution in [0, 0.1) is 6.92 Å². The normalized spacial score (nSPS) is 11.6. The van der Waals surface area contributed by atoms with Gasteiger partial charge in [-0.25, -0.2) is 4.99 Å². The zero-order valence-electron chi connectivity index (χ0n) is 9.07. The molecule has 0 aliphatic rings. The summed E-state index contributed by atoms with van der Waals surface area (Å²) in [5.74, 6) is 0. The van der Waals surface area contributed by atoms with Crippen molar-refractivity contribution >= 4 is 22.9 Å². The van der Waals surface area contributed by atoms with Gasteiger partial charge < -0.3 is 10.3 Å². The predicted octanol–water partition coefficient (Wildman–Crippen LogP) is 2.59. The van der Waals surface area contributed by atoms with Crippen LogP contribution in [0.2, 0.25) is 0 Å². The second-order valence-corrected chi connectivity index (χ2v) is 3.58. The first-order valence-electron chi connectivity index (χ1n) is 5.10. The van der Waals surface area contributed by atoms with Crippen LogP contribution in [-0.2, 0) is 6.54 Å². The minimum Gasteiger partial charge on any atom is -0.390 e. The third kappa shape index (κ3) is 1.61. The number of aromatic nitrogens is 1. The van der Waals surface area contributed by atoms with Crippen molar-refractivity contribution in [2.75, 3.05) is 0 Å². The molecule has 2 N–H and O–H groups in total. The highest BCUT2D eigenvalue weighted by atomic mass is 14.9. The van der Waals surface area contributed by atoms with Crippen LogP contribution in [0.5, 0.6) is 0 Å². The highest BCUT2D eigenvalue weighted by Gasteiger charge is 2.04. The lowest BCUT2D eigenvalue weighted by Gasteiger charge is -2.00. The number of rotatable bonds is 2. The van der Waals surface area contributed by atoms with Crippen LogP contribution < -0.4 is 5.73 Å². The van der Waals surface area contributed by atoms with E-state index in [0.29, 0.717) is 0 Å². The summed E-state index contributed by atoms with van der Waals surface area (Å²) in [6.45, 7) is 5.25. The van der Waals surface area contributed by atoms with Gasteiger partial charge >= 0.3 is 0 Å². The Labute approximate surface area is 89.2 Å². The summed E-state index contributed by atoms with van der Waals surface area (Å²) in [6.07, 6.45) is 3.49. The van der Waals surface area contributed by atoms with E-state index in [2.05, 4.69) is 41.7 Å². The van der Waals surface area contributed by atoms with Crippen molar-refractivity contribution < 1.29 is 0 Å². The van der Waals surface area contributed by atoms with Gasteiger partial charge in [0.15, 0.2) is 0 Å². The highest BCUT2D eigenvalue weighted by molar-refractivity contribution is 5.87. The summed E-state index contributed by atoms with van der Waals surface area (Å²) < 4.78 is 2.24. The number of hydrogen-bond acceptors (Lipinski definition) is 1. The van der Waals surface area contributed by atoms with Gasteiger partial charge in [-0.05, 0) is 37.6 Å². The molecule has 0 aliphatic heterocycles. The Morgan fingerprint density at radius 2 is 2.27 bits per heavy atom. The fourth-order valence-electron chi connectivity index (χ4n) is 1.89. The molecule has 2 rings (SSSR count). The largest absolute Gasteiger partial charge is 0.390 e. The molecule has 0 aliphatic carbocycles. The van der Waals surface area contributed by atoms with E-state index in [9.17, 15) is 0 Å². The van der Waals surface area contributed by atoms with Crippen LogP contribution >= 0.6 is 0 Å². The van der Waals surface area contributed by atoms with E-state index in [1.807, 2.05) is 6.07 Å².